The summed E-state index contributed by atoms with van der Waals surface area (Å²) >= 11 is 0. The summed E-state index contributed by atoms with van der Waals surface area (Å²) in [5, 5.41) is 28.4. The summed E-state index contributed by atoms with van der Waals surface area (Å²) in [5.41, 5.74) is 1.49. The fourth-order valence-corrected chi connectivity index (χ4v) is 1.73. The normalized spacial score (nSPS) is 12.4. The lowest BCUT2D eigenvalue weighted by molar-refractivity contribution is -0.384. The molecule has 0 fully saturated rings. The Balaban J connectivity index is 2.47. The number of rotatable bonds is 4. The van der Waals surface area contributed by atoms with Crippen molar-refractivity contribution in [1.82, 2.24) is 15.0 Å². The van der Waals surface area contributed by atoms with E-state index in [4.69, 9.17) is 0 Å². The number of nitro benzene ring substituents is 1. The molecule has 2 rings (SSSR count). The van der Waals surface area contributed by atoms with Crippen LogP contribution < -0.4 is 0 Å². The molecule has 0 bridgehead atoms. The van der Waals surface area contributed by atoms with Gasteiger partial charge in [0.2, 0.25) is 0 Å². The number of hydrogen-bond donors (Lipinski definition) is 1. The minimum absolute atomic E-state index is 0.0394. The maximum absolute atomic E-state index is 11.0. The summed E-state index contributed by atoms with van der Waals surface area (Å²) in [6.45, 7) is 3.60. The molecule has 0 aliphatic rings. The maximum atomic E-state index is 11.0. The van der Waals surface area contributed by atoms with Crippen LogP contribution in [0.3, 0.4) is 0 Å². The second kappa shape index (κ2) is 5.15. The lowest BCUT2D eigenvalue weighted by Crippen LogP contribution is -2.01. The van der Waals surface area contributed by atoms with Crippen LogP contribution in [0, 0.1) is 17.0 Å². The number of aromatic nitrogens is 3. The Labute approximate surface area is 109 Å². The van der Waals surface area contributed by atoms with Gasteiger partial charge in [0.25, 0.3) is 5.69 Å². The molecule has 0 radical (unpaired) electrons. The minimum atomic E-state index is -0.710. The molecule has 1 atom stereocenters. The fourth-order valence-electron chi connectivity index (χ4n) is 1.73. The van der Waals surface area contributed by atoms with Crippen LogP contribution in [0.5, 0.6) is 0 Å². The number of hydrogen-bond acceptors (Lipinski definition) is 5. The van der Waals surface area contributed by atoms with Crippen LogP contribution in [-0.4, -0.2) is 25.0 Å². The van der Waals surface area contributed by atoms with Crippen molar-refractivity contribution in [2.24, 2.45) is 0 Å². The molecule has 0 saturated heterocycles. The highest BCUT2D eigenvalue weighted by molar-refractivity contribution is 5.53. The maximum Gasteiger partial charge on any atom is 0.295 e. The quantitative estimate of drug-likeness (QED) is 0.671. The van der Waals surface area contributed by atoms with Crippen LogP contribution in [-0.2, 0) is 0 Å². The fraction of sp³-hybridized carbons (Fsp3) is 0.333. The van der Waals surface area contributed by atoms with Crippen molar-refractivity contribution in [2.75, 3.05) is 0 Å². The number of nitro groups is 1. The van der Waals surface area contributed by atoms with E-state index < -0.39 is 11.0 Å². The first-order valence-corrected chi connectivity index (χ1v) is 5.88. The van der Waals surface area contributed by atoms with Gasteiger partial charge >= 0.3 is 0 Å². The van der Waals surface area contributed by atoms with Gasteiger partial charge < -0.3 is 5.11 Å². The average Bonchev–Trinajstić information content (AvgIpc) is 2.87. The second-order valence-corrected chi connectivity index (χ2v) is 4.26. The van der Waals surface area contributed by atoms with Gasteiger partial charge in [-0.05, 0) is 25.0 Å². The van der Waals surface area contributed by atoms with E-state index in [1.165, 1.54) is 16.9 Å². The van der Waals surface area contributed by atoms with Crippen LogP contribution in [0.25, 0.3) is 5.69 Å². The Hall–Kier alpha value is -2.28. The number of benzene rings is 1. The minimum Gasteiger partial charge on any atom is -0.387 e. The third kappa shape index (κ3) is 2.60. The molecule has 0 amide bonds. The van der Waals surface area contributed by atoms with Crippen LogP contribution >= 0.6 is 0 Å². The number of aryl methyl sites for hydroxylation is 1. The summed E-state index contributed by atoms with van der Waals surface area (Å²) in [5.74, 6) is 0. The molecular formula is C12H14N4O3. The molecule has 2 aromatic rings. The van der Waals surface area contributed by atoms with Crippen LogP contribution in [0.2, 0.25) is 0 Å². The lowest BCUT2D eigenvalue weighted by Gasteiger charge is -2.03. The molecule has 1 aromatic carbocycles. The Morgan fingerprint density at radius 1 is 1.53 bits per heavy atom. The van der Waals surface area contributed by atoms with E-state index in [0.29, 0.717) is 17.8 Å². The number of nitrogens with zero attached hydrogens (tertiary/aromatic N) is 4. The molecule has 0 aliphatic heterocycles. The van der Waals surface area contributed by atoms with Crippen molar-refractivity contribution < 1.29 is 10.0 Å². The van der Waals surface area contributed by atoms with Gasteiger partial charge in [-0.25, -0.2) is 4.68 Å². The van der Waals surface area contributed by atoms with Crippen LogP contribution in [0.15, 0.2) is 24.4 Å². The molecule has 0 saturated carbocycles. The molecule has 0 spiro atoms. The Morgan fingerprint density at radius 3 is 2.89 bits per heavy atom. The molecule has 100 valence electrons. The first-order chi connectivity index (χ1) is 9.02. The highest BCUT2D eigenvalue weighted by Gasteiger charge is 2.18. The summed E-state index contributed by atoms with van der Waals surface area (Å²) in [6, 6.07) is 4.86. The van der Waals surface area contributed by atoms with Crippen molar-refractivity contribution in [3.63, 3.8) is 0 Å². The lowest BCUT2D eigenvalue weighted by atomic mass is 10.2. The van der Waals surface area contributed by atoms with Crippen molar-refractivity contribution in [3.05, 3.63) is 45.8 Å². The summed E-state index contributed by atoms with van der Waals surface area (Å²) < 4.78 is 1.31. The van der Waals surface area contributed by atoms with Crippen LogP contribution in [0.4, 0.5) is 5.69 Å². The molecule has 1 unspecified atom stereocenters. The van der Waals surface area contributed by atoms with Gasteiger partial charge in [0.15, 0.2) is 0 Å². The standard InChI is InChI=1S/C12H14N4O3/c1-3-12(17)9-7-15(14-13-9)10-5-4-8(2)6-11(10)16(18)19/h4-7,12,17H,3H2,1-2H3. The predicted octanol–water partition coefficient (Wildman–Crippen LogP) is 1.93. The zero-order valence-corrected chi connectivity index (χ0v) is 10.6. The number of aliphatic hydroxyl groups is 1. The molecular weight excluding hydrogens is 248 g/mol. The van der Waals surface area contributed by atoms with Crippen molar-refractivity contribution in [2.45, 2.75) is 26.4 Å². The highest BCUT2D eigenvalue weighted by Crippen LogP contribution is 2.24. The molecule has 19 heavy (non-hydrogen) atoms. The number of aliphatic hydroxyl groups excluding tert-OH is 1. The second-order valence-electron chi connectivity index (χ2n) is 4.26. The summed E-state index contributed by atoms with van der Waals surface area (Å²) in [6.07, 6.45) is 1.30. The topological polar surface area (TPSA) is 94.1 Å². The van der Waals surface area contributed by atoms with E-state index in [1.807, 2.05) is 6.92 Å². The largest absolute Gasteiger partial charge is 0.387 e. The predicted molar refractivity (Wildman–Crippen MR) is 68.0 cm³/mol. The van der Waals surface area contributed by atoms with E-state index >= 15 is 0 Å². The molecule has 1 heterocycles. The monoisotopic (exact) mass is 262 g/mol. The average molecular weight is 262 g/mol. The molecule has 1 aromatic heterocycles. The Kier molecular flexibility index (Phi) is 3.57. The van der Waals surface area contributed by atoms with Crippen LogP contribution in [0.1, 0.15) is 30.7 Å². The summed E-state index contributed by atoms with van der Waals surface area (Å²) in [4.78, 5) is 10.6. The third-order valence-electron chi connectivity index (χ3n) is 2.81. The van der Waals surface area contributed by atoms with E-state index in [1.54, 1.807) is 19.1 Å². The zero-order valence-electron chi connectivity index (χ0n) is 10.6. The Morgan fingerprint density at radius 2 is 2.26 bits per heavy atom. The third-order valence-corrected chi connectivity index (χ3v) is 2.81. The van der Waals surface area contributed by atoms with E-state index in [-0.39, 0.29) is 5.69 Å². The van der Waals surface area contributed by atoms with E-state index in [0.717, 1.165) is 5.56 Å². The van der Waals surface area contributed by atoms with Crippen molar-refractivity contribution in [1.29, 1.82) is 0 Å². The van der Waals surface area contributed by atoms with E-state index in [9.17, 15) is 15.2 Å². The van der Waals surface area contributed by atoms with Gasteiger partial charge in [0.1, 0.15) is 11.4 Å². The highest BCUT2D eigenvalue weighted by atomic mass is 16.6. The van der Waals surface area contributed by atoms with Gasteiger partial charge in [-0.3, -0.25) is 10.1 Å². The smallest absolute Gasteiger partial charge is 0.295 e. The summed E-state index contributed by atoms with van der Waals surface area (Å²) in [7, 11) is 0. The van der Waals surface area contributed by atoms with Gasteiger partial charge in [-0.1, -0.05) is 18.2 Å². The van der Waals surface area contributed by atoms with Gasteiger partial charge in [-0.15, -0.1) is 5.10 Å². The SMILES string of the molecule is CCC(O)c1cn(-c2ccc(C)cc2[N+](=O)[O-])nn1. The zero-order chi connectivity index (χ0) is 14.0. The Bertz CT molecular complexity index is 609. The van der Waals surface area contributed by atoms with Gasteiger partial charge in [0.05, 0.1) is 17.2 Å². The van der Waals surface area contributed by atoms with Crippen molar-refractivity contribution >= 4 is 5.69 Å². The first-order valence-electron chi connectivity index (χ1n) is 5.88. The van der Waals surface area contributed by atoms with Gasteiger partial charge in [0, 0.05) is 6.07 Å². The molecule has 7 nitrogen and oxygen atoms in total. The molecule has 7 heteroatoms. The first kappa shape index (κ1) is 13.2. The molecule has 0 aliphatic carbocycles. The van der Waals surface area contributed by atoms with Crippen molar-refractivity contribution in [3.8, 4) is 5.69 Å². The van der Waals surface area contributed by atoms with Gasteiger partial charge in [-0.2, -0.15) is 0 Å². The van der Waals surface area contributed by atoms with E-state index in [2.05, 4.69) is 10.3 Å². The molecule has 1 N–H and O–H groups in total.